The molecule has 3 rings (SSSR count). The third-order valence-electron chi connectivity index (χ3n) is 3.40. The van der Waals surface area contributed by atoms with Gasteiger partial charge in [-0.25, -0.2) is 9.29 Å². The molecule has 6 heteroatoms. The van der Waals surface area contributed by atoms with Crippen molar-refractivity contribution in [3.8, 4) is 0 Å². The van der Waals surface area contributed by atoms with Crippen LogP contribution in [0.15, 0.2) is 48.5 Å². The summed E-state index contributed by atoms with van der Waals surface area (Å²) < 4.78 is 13.3. The number of amides is 2. The summed E-state index contributed by atoms with van der Waals surface area (Å²) in [6, 6.07) is 11.6. The van der Waals surface area contributed by atoms with Crippen molar-refractivity contribution in [2.24, 2.45) is 0 Å². The summed E-state index contributed by atoms with van der Waals surface area (Å²) in [4.78, 5) is 25.5. The first kappa shape index (κ1) is 14.5. The summed E-state index contributed by atoms with van der Waals surface area (Å²) in [6.45, 7) is 0. The fourth-order valence-electron chi connectivity index (χ4n) is 2.38. The molecular formula is C16H12ClFN2O2. The lowest BCUT2D eigenvalue weighted by molar-refractivity contribution is -0.121. The molecule has 2 aromatic rings. The number of halogens is 2. The summed E-state index contributed by atoms with van der Waals surface area (Å²) in [7, 11) is 0. The summed E-state index contributed by atoms with van der Waals surface area (Å²) in [6.07, 6.45) is 0.0258. The van der Waals surface area contributed by atoms with Gasteiger partial charge in [0.1, 0.15) is 11.9 Å². The van der Waals surface area contributed by atoms with Gasteiger partial charge in [-0.1, -0.05) is 17.7 Å². The highest BCUT2D eigenvalue weighted by molar-refractivity contribution is 6.30. The Morgan fingerprint density at radius 2 is 1.86 bits per heavy atom. The Morgan fingerprint density at radius 3 is 2.55 bits per heavy atom. The Kier molecular flexibility index (Phi) is 3.81. The van der Waals surface area contributed by atoms with E-state index >= 15 is 0 Å². The lowest BCUT2D eigenvalue weighted by Crippen LogP contribution is -2.34. The Hall–Kier alpha value is -2.40. The molecule has 1 saturated heterocycles. The average molecular weight is 319 g/mol. The molecule has 4 nitrogen and oxygen atoms in total. The monoisotopic (exact) mass is 318 g/mol. The second-order valence-electron chi connectivity index (χ2n) is 4.96. The van der Waals surface area contributed by atoms with Crippen LogP contribution in [-0.2, 0) is 9.59 Å². The molecule has 1 atom stereocenters. The second kappa shape index (κ2) is 5.77. The zero-order chi connectivity index (χ0) is 15.7. The molecule has 112 valence electrons. The van der Waals surface area contributed by atoms with E-state index in [1.54, 1.807) is 24.3 Å². The normalized spacial score (nSPS) is 17.9. The van der Waals surface area contributed by atoms with Gasteiger partial charge in [0, 0.05) is 10.7 Å². The van der Waals surface area contributed by atoms with Gasteiger partial charge in [-0.3, -0.25) is 9.59 Å². The van der Waals surface area contributed by atoms with Crippen LogP contribution >= 0.6 is 11.6 Å². The molecule has 1 aliphatic heterocycles. The minimum absolute atomic E-state index is 0.0258. The molecule has 1 aliphatic rings. The van der Waals surface area contributed by atoms with Crippen LogP contribution in [0.3, 0.4) is 0 Å². The van der Waals surface area contributed by atoms with Gasteiger partial charge < -0.3 is 5.32 Å². The summed E-state index contributed by atoms with van der Waals surface area (Å²) in [5, 5.41) is 3.58. The maximum Gasteiger partial charge on any atom is 0.256 e. The molecule has 0 aliphatic carbocycles. The van der Waals surface area contributed by atoms with Crippen molar-refractivity contribution in [3.05, 3.63) is 59.4 Å². The number of nitrogens with zero attached hydrogens (tertiary/aromatic N) is 1. The van der Waals surface area contributed by atoms with E-state index < -0.39 is 17.8 Å². The first-order valence-corrected chi connectivity index (χ1v) is 7.07. The first-order valence-electron chi connectivity index (χ1n) is 6.69. The van der Waals surface area contributed by atoms with Gasteiger partial charge in [0.2, 0.25) is 5.91 Å². The van der Waals surface area contributed by atoms with Crippen molar-refractivity contribution in [1.29, 1.82) is 0 Å². The standard InChI is InChI=1S/C16H12ClFN2O2/c17-10-4-6-12(7-5-10)19-14-9-15(21)20(16(14)22)13-3-1-2-11(18)8-13/h1-8,14,19H,9H2/t14-/m1/s1. The zero-order valence-corrected chi connectivity index (χ0v) is 12.2. The molecule has 22 heavy (non-hydrogen) atoms. The molecule has 2 aromatic carbocycles. The van der Waals surface area contributed by atoms with Gasteiger partial charge >= 0.3 is 0 Å². The molecule has 0 bridgehead atoms. The van der Waals surface area contributed by atoms with E-state index in [0.717, 1.165) is 4.90 Å². The largest absolute Gasteiger partial charge is 0.373 e. The van der Waals surface area contributed by atoms with Crippen LogP contribution in [-0.4, -0.2) is 17.9 Å². The molecule has 0 spiro atoms. The Bertz CT molecular complexity index is 733. The molecule has 0 radical (unpaired) electrons. The van der Waals surface area contributed by atoms with Crippen LogP contribution < -0.4 is 10.2 Å². The van der Waals surface area contributed by atoms with Crippen molar-refractivity contribution in [2.45, 2.75) is 12.5 Å². The van der Waals surface area contributed by atoms with E-state index in [1.165, 1.54) is 24.3 Å². The SMILES string of the molecule is O=C1C[C@@H](Nc2ccc(Cl)cc2)C(=O)N1c1cccc(F)c1. The highest BCUT2D eigenvalue weighted by atomic mass is 35.5. The van der Waals surface area contributed by atoms with Crippen molar-refractivity contribution in [1.82, 2.24) is 0 Å². The molecule has 0 saturated carbocycles. The van der Waals surface area contributed by atoms with Crippen LogP contribution in [0.5, 0.6) is 0 Å². The molecule has 1 heterocycles. The zero-order valence-electron chi connectivity index (χ0n) is 11.4. The van der Waals surface area contributed by atoms with Crippen LogP contribution in [0.2, 0.25) is 5.02 Å². The highest BCUT2D eigenvalue weighted by Gasteiger charge is 2.39. The fraction of sp³-hybridized carbons (Fsp3) is 0.125. The third kappa shape index (κ3) is 2.80. The Labute approximate surface area is 131 Å². The van der Waals surface area contributed by atoms with Crippen molar-refractivity contribution < 1.29 is 14.0 Å². The van der Waals surface area contributed by atoms with Crippen molar-refractivity contribution in [3.63, 3.8) is 0 Å². The van der Waals surface area contributed by atoms with Crippen LogP contribution in [0.4, 0.5) is 15.8 Å². The highest BCUT2D eigenvalue weighted by Crippen LogP contribution is 2.25. The van der Waals surface area contributed by atoms with E-state index in [-0.39, 0.29) is 18.0 Å². The lowest BCUT2D eigenvalue weighted by Gasteiger charge is -2.16. The summed E-state index contributed by atoms with van der Waals surface area (Å²) in [5.74, 6) is -1.25. The Morgan fingerprint density at radius 1 is 1.14 bits per heavy atom. The molecule has 0 unspecified atom stereocenters. The third-order valence-corrected chi connectivity index (χ3v) is 3.65. The van der Waals surface area contributed by atoms with Gasteiger partial charge in [0.05, 0.1) is 12.1 Å². The van der Waals surface area contributed by atoms with E-state index in [9.17, 15) is 14.0 Å². The van der Waals surface area contributed by atoms with Gasteiger partial charge in [0.25, 0.3) is 5.91 Å². The summed E-state index contributed by atoms with van der Waals surface area (Å²) in [5.41, 5.74) is 0.937. The van der Waals surface area contributed by atoms with Gasteiger partial charge in [-0.15, -0.1) is 0 Å². The van der Waals surface area contributed by atoms with Crippen LogP contribution in [0.25, 0.3) is 0 Å². The number of carbonyl (C=O) groups is 2. The topological polar surface area (TPSA) is 49.4 Å². The quantitative estimate of drug-likeness (QED) is 0.884. The number of anilines is 2. The molecule has 0 aromatic heterocycles. The number of carbonyl (C=O) groups excluding carboxylic acids is 2. The molecular weight excluding hydrogens is 307 g/mol. The smallest absolute Gasteiger partial charge is 0.256 e. The number of hydrogen-bond donors (Lipinski definition) is 1. The summed E-state index contributed by atoms with van der Waals surface area (Å²) >= 11 is 5.81. The molecule has 1 N–H and O–H groups in total. The second-order valence-corrected chi connectivity index (χ2v) is 5.39. The number of benzene rings is 2. The van der Waals surface area contributed by atoms with Gasteiger partial charge in [0.15, 0.2) is 0 Å². The average Bonchev–Trinajstić information content (AvgIpc) is 2.76. The first-order chi connectivity index (χ1) is 10.5. The fourth-order valence-corrected chi connectivity index (χ4v) is 2.50. The van der Waals surface area contributed by atoms with E-state index in [4.69, 9.17) is 11.6 Å². The minimum atomic E-state index is -0.669. The van der Waals surface area contributed by atoms with Crippen molar-refractivity contribution in [2.75, 3.05) is 10.2 Å². The lowest BCUT2D eigenvalue weighted by atomic mass is 10.2. The van der Waals surface area contributed by atoms with Crippen molar-refractivity contribution >= 4 is 34.8 Å². The Balaban J connectivity index is 1.81. The number of hydrogen-bond acceptors (Lipinski definition) is 3. The van der Waals surface area contributed by atoms with E-state index in [0.29, 0.717) is 10.7 Å². The van der Waals surface area contributed by atoms with Gasteiger partial charge in [-0.2, -0.15) is 0 Å². The molecule has 2 amide bonds. The number of imide groups is 1. The number of nitrogens with one attached hydrogen (secondary N) is 1. The predicted octanol–water partition coefficient (Wildman–Crippen LogP) is 3.22. The van der Waals surface area contributed by atoms with E-state index in [1.807, 2.05) is 0 Å². The minimum Gasteiger partial charge on any atom is -0.373 e. The number of rotatable bonds is 3. The van der Waals surface area contributed by atoms with Crippen LogP contribution in [0.1, 0.15) is 6.42 Å². The van der Waals surface area contributed by atoms with Crippen LogP contribution in [0, 0.1) is 5.82 Å². The maximum atomic E-state index is 13.3. The van der Waals surface area contributed by atoms with Gasteiger partial charge in [-0.05, 0) is 42.5 Å². The molecule has 1 fully saturated rings. The van der Waals surface area contributed by atoms with E-state index in [2.05, 4.69) is 5.32 Å². The maximum absolute atomic E-state index is 13.3. The predicted molar refractivity (Wildman–Crippen MR) is 82.4 cm³/mol.